The Morgan fingerprint density at radius 2 is 1.94 bits per heavy atom. The smallest absolute Gasteiger partial charge is 0.307 e. The van der Waals surface area contributed by atoms with Crippen LogP contribution in [0, 0.1) is 0 Å². The Kier molecular flexibility index (Phi) is 9.24. The molecule has 0 amide bonds. The second kappa shape index (κ2) is 8.39. The fourth-order valence-corrected chi connectivity index (χ4v) is 1.22. The summed E-state index contributed by atoms with van der Waals surface area (Å²) in [7, 11) is 1.34. The zero-order chi connectivity index (χ0) is 10.6. The fraction of sp³-hybridized carbons (Fsp3) is 0.364. The molecule has 0 aliphatic heterocycles. The molecule has 0 fully saturated rings. The minimum Gasteiger partial charge on any atom is -0.469 e. The molecule has 0 bridgehead atoms. The maximum Gasteiger partial charge on any atom is 0.307 e. The van der Waals surface area contributed by atoms with E-state index in [1.807, 2.05) is 0 Å². The van der Waals surface area contributed by atoms with Gasteiger partial charge in [0.15, 0.2) is 0 Å². The van der Waals surface area contributed by atoms with Crippen molar-refractivity contribution in [3.8, 4) is 0 Å². The number of esters is 1. The molecule has 0 saturated carbocycles. The predicted molar refractivity (Wildman–Crippen MR) is 69.0 cm³/mol. The summed E-state index contributed by atoms with van der Waals surface area (Å²) in [6.07, 6.45) is 0.179. The lowest BCUT2D eigenvalue weighted by atomic mass is 10.1. The summed E-state index contributed by atoms with van der Waals surface area (Å²) in [5.41, 5.74) is 6.65. The molecule has 0 aliphatic rings. The molecule has 2 N–H and O–H groups in total. The third kappa shape index (κ3) is 5.35. The minimum absolute atomic E-state index is 0. The highest BCUT2D eigenvalue weighted by molar-refractivity contribution is 6.30. The zero-order valence-corrected chi connectivity index (χ0v) is 9.85. The van der Waals surface area contributed by atoms with Crippen LogP contribution in [-0.2, 0) is 9.53 Å². The van der Waals surface area contributed by atoms with Gasteiger partial charge in [0.2, 0.25) is 0 Å². The van der Waals surface area contributed by atoms with Gasteiger partial charge >= 0.3 is 5.97 Å². The van der Waals surface area contributed by atoms with Crippen LogP contribution in [0.25, 0.3) is 0 Å². The van der Waals surface area contributed by atoms with E-state index in [1.165, 1.54) is 7.11 Å². The Hall–Kier alpha value is -0.770. The summed E-state index contributed by atoms with van der Waals surface area (Å²) in [6, 6.07) is 6.76. The third-order valence-electron chi connectivity index (χ3n) is 1.91. The normalized spacial score (nSPS) is 10.7. The van der Waals surface area contributed by atoms with E-state index >= 15 is 0 Å². The number of ether oxygens (including phenoxy) is 1. The second-order valence-corrected chi connectivity index (χ2v) is 3.37. The predicted octanol–water partition coefficient (Wildman–Crippen LogP) is 2.96. The monoisotopic (exact) mass is 265 g/mol. The quantitative estimate of drug-likeness (QED) is 0.856. The van der Waals surface area contributed by atoms with Gasteiger partial charge in [-0.05, 0) is 17.7 Å². The van der Waals surface area contributed by atoms with Crippen molar-refractivity contribution in [2.24, 2.45) is 5.73 Å². The van der Waals surface area contributed by atoms with Crippen molar-refractivity contribution >= 4 is 30.0 Å². The number of carbonyl (C=O) groups excluding carboxylic acids is 1. The number of halogens is 2. The van der Waals surface area contributed by atoms with Crippen molar-refractivity contribution < 1.29 is 9.53 Å². The lowest BCUT2D eigenvalue weighted by Gasteiger charge is -2.10. The molecule has 1 aromatic carbocycles. The van der Waals surface area contributed by atoms with E-state index in [2.05, 4.69) is 4.74 Å². The molecule has 3 nitrogen and oxygen atoms in total. The van der Waals surface area contributed by atoms with E-state index in [-0.39, 0.29) is 38.3 Å². The Bertz CT molecular complexity index is 314. The van der Waals surface area contributed by atoms with Crippen molar-refractivity contribution in [1.82, 2.24) is 0 Å². The molecular formula is C11H17Cl2NO2. The van der Waals surface area contributed by atoms with Crippen LogP contribution in [0.2, 0.25) is 5.02 Å². The molecule has 0 heterocycles. The molecular weight excluding hydrogens is 249 g/mol. The molecule has 92 valence electrons. The molecule has 0 radical (unpaired) electrons. The highest BCUT2D eigenvalue weighted by atomic mass is 35.5. The summed E-state index contributed by atoms with van der Waals surface area (Å²) in [5.74, 6) is -0.313. The maximum atomic E-state index is 10.9. The van der Waals surface area contributed by atoms with Gasteiger partial charge < -0.3 is 10.5 Å². The molecule has 16 heavy (non-hydrogen) atoms. The number of benzene rings is 1. The van der Waals surface area contributed by atoms with E-state index in [4.69, 9.17) is 17.3 Å². The number of nitrogens with two attached hydrogens (primary N) is 1. The van der Waals surface area contributed by atoms with Gasteiger partial charge in [0, 0.05) is 11.1 Å². The first kappa shape index (κ1) is 17.6. The standard InChI is InChI=1S/C10H12ClNO2.CH4.ClH/c1-14-10(13)6-9(12)7-2-4-8(11)5-3-7;;/h2-5,9H,6,12H2,1H3;1H4;1H. The zero-order valence-electron chi connectivity index (χ0n) is 8.27. The van der Waals surface area contributed by atoms with Gasteiger partial charge in [-0.3, -0.25) is 4.79 Å². The van der Waals surface area contributed by atoms with Crippen LogP contribution in [-0.4, -0.2) is 13.1 Å². The lowest BCUT2D eigenvalue weighted by Crippen LogP contribution is -2.16. The van der Waals surface area contributed by atoms with Gasteiger partial charge in [0.25, 0.3) is 0 Å². The average molecular weight is 266 g/mol. The molecule has 5 heteroatoms. The maximum absolute atomic E-state index is 10.9. The number of methoxy groups -OCH3 is 1. The van der Waals surface area contributed by atoms with Crippen molar-refractivity contribution in [2.45, 2.75) is 19.9 Å². The highest BCUT2D eigenvalue weighted by Gasteiger charge is 2.11. The van der Waals surface area contributed by atoms with E-state index in [1.54, 1.807) is 24.3 Å². The van der Waals surface area contributed by atoms with Gasteiger partial charge in [-0.25, -0.2) is 0 Å². The number of hydrogen-bond donors (Lipinski definition) is 1. The molecule has 0 aliphatic carbocycles. The van der Waals surface area contributed by atoms with E-state index in [9.17, 15) is 4.79 Å². The number of rotatable bonds is 3. The van der Waals surface area contributed by atoms with Gasteiger partial charge in [-0.2, -0.15) is 0 Å². The topological polar surface area (TPSA) is 52.3 Å². The molecule has 1 rings (SSSR count). The van der Waals surface area contributed by atoms with Crippen LogP contribution < -0.4 is 5.73 Å². The Labute approximate surface area is 107 Å². The first-order chi connectivity index (χ1) is 6.63. The van der Waals surface area contributed by atoms with Crippen molar-refractivity contribution in [1.29, 1.82) is 0 Å². The van der Waals surface area contributed by atoms with Gasteiger partial charge in [0.1, 0.15) is 0 Å². The van der Waals surface area contributed by atoms with Crippen LogP contribution in [0.15, 0.2) is 24.3 Å². The minimum atomic E-state index is -0.334. The fourth-order valence-electron chi connectivity index (χ4n) is 1.09. The number of carbonyl (C=O) groups is 1. The molecule has 0 saturated heterocycles. The highest BCUT2D eigenvalue weighted by Crippen LogP contribution is 2.17. The van der Waals surface area contributed by atoms with Crippen molar-refractivity contribution in [3.63, 3.8) is 0 Å². The molecule has 0 spiro atoms. The van der Waals surface area contributed by atoms with Crippen LogP contribution in [0.4, 0.5) is 0 Å². The molecule has 0 aromatic heterocycles. The largest absolute Gasteiger partial charge is 0.469 e. The third-order valence-corrected chi connectivity index (χ3v) is 2.16. The van der Waals surface area contributed by atoms with Gasteiger partial charge in [-0.15, -0.1) is 12.4 Å². The van der Waals surface area contributed by atoms with Crippen LogP contribution in [0.3, 0.4) is 0 Å². The van der Waals surface area contributed by atoms with Crippen LogP contribution >= 0.6 is 24.0 Å². The summed E-state index contributed by atoms with van der Waals surface area (Å²) >= 11 is 5.72. The van der Waals surface area contributed by atoms with Crippen LogP contribution in [0.5, 0.6) is 0 Å². The first-order valence-corrected chi connectivity index (χ1v) is 4.59. The molecule has 1 aromatic rings. The SMILES string of the molecule is C.COC(=O)CC(N)c1ccc(Cl)cc1.Cl. The second-order valence-electron chi connectivity index (χ2n) is 2.94. The van der Waals surface area contributed by atoms with E-state index in [0.29, 0.717) is 5.02 Å². The van der Waals surface area contributed by atoms with E-state index in [0.717, 1.165) is 5.56 Å². The summed E-state index contributed by atoms with van der Waals surface area (Å²) in [6.45, 7) is 0. The van der Waals surface area contributed by atoms with Crippen LogP contribution in [0.1, 0.15) is 25.5 Å². The summed E-state index contributed by atoms with van der Waals surface area (Å²) < 4.78 is 4.52. The summed E-state index contributed by atoms with van der Waals surface area (Å²) in [4.78, 5) is 10.9. The van der Waals surface area contributed by atoms with Gasteiger partial charge in [0.05, 0.1) is 13.5 Å². The Morgan fingerprint density at radius 3 is 2.38 bits per heavy atom. The Morgan fingerprint density at radius 1 is 1.44 bits per heavy atom. The molecule has 1 unspecified atom stereocenters. The lowest BCUT2D eigenvalue weighted by molar-refractivity contribution is -0.141. The van der Waals surface area contributed by atoms with E-state index < -0.39 is 0 Å². The average Bonchev–Trinajstić information content (AvgIpc) is 2.18. The van der Waals surface area contributed by atoms with Crippen molar-refractivity contribution in [3.05, 3.63) is 34.9 Å². The van der Waals surface area contributed by atoms with Gasteiger partial charge in [-0.1, -0.05) is 31.2 Å². The number of hydrogen-bond acceptors (Lipinski definition) is 3. The molecule has 1 atom stereocenters. The van der Waals surface area contributed by atoms with Crippen molar-refractivity contribution in [2.75, 3.05) is 7.11 Å². The first-order valence-electron chi connectivity index (χ1n) is 4.21. The Balaban J connectivity index is 0. The summed E-state index contributed by atoms with van der Waals surface area (Å²) in [5, 5.41) is 0.652.